The zero-order valence-electron chi connectivity index (χ0n) is 47.5. The summed E-state index contributed by atoms with van der Waals surface area (Å²) >= 11 is 0. The van der Waals surface area contributed by atoms with Gasteiger partial charge in [0.25, 0.3) is 0 Å². The maximum Gasteiger partial charge on any atom is 0.472 e. The van der Waals surface area contributed by atoms with Gasteiger partial charge in [-0.1, -0.05) is 218 Å². The zero-order valence-corrected chi connectivity index (χ0v) is 48.4. The Morgan fingerprint density at radius 2 is 0.730 bits per heavy atom. The number of carbonyl (C=O) groups is 2. The van der Waals surface area contributed by atoms with Gasteiger partial charge in [-0.2, -0.15) is 0 Å². The number of esters is 2. The Hall–Kier alpha value is -3.85. The molecule has 0 aliphatic rings. The second kappa shape index (κ2) is 54.0. The molecular weight excluding hydrogens is 942 g/mol. The number of carbonyl (C=O) groups excluding carboxylic acids is 2. The molecule has 0 aromatic heterocycles. The Kier molecular flexibility index (Phi) is 51.2. The molecule has 10 heteroatoms. The molecule has 0 fully saturated rings. The number of hydrogen-bond acceptors (Lipinski definition) is 7. The van der Waals surface area contributed by atoms with Gasteiger partial charge in [-0.15, -0.1) is 0 Å². The Bertz CT molecular complexity index is 1710. The number of phosphoric acid groups is 1. The van der Waals surface area contributed by atoms with Crippen LogP contribution in [0.5, 0.6) is 0 Å². The minimum absolute atomic E-state index is 0.0209. The van der Waals surface area contributed by atoms with E-state index in [2.05, 4.69) is 148 Å². The van der Waals surface area contributed by atoms with Crippen LogP contribution in [0.3, 0.4) is 0 Å². The molecule has 74 heavy (non-hydrogen) atoms. The first-order chi connectivity index (χ1) is 36.0. The molecule has 0 aromatic rings. The van der Waals surface area contributed by atoms with Crippen molar-refractivity contribution in [2.45, 2.75) is 213 Å². The van der Waals surface area contributed by atoms with Crippen molar-refractivity contribution in [1.82, 2.24) is 0 Å². The normalized spacial score (nSPS) is 14.3. The Labute approximate surface area is 453 Å². The summed E-state index contributed by atoms with van der Waals surface area (Å²) in [5.41, 5.74) is 0. The number of ether oxygens (including phenoxy) is 2. The molecule has 0 saturated heterocycles. The number of hydrogen-bond donors (Lipinski definition) is 1. The highest BCUT2D eigenvalue weighted by Gasteiger charge is 2.27. The highest BCUT2D eigenvalue weighted by Crippen LogP contribution is 2.43. The summed E-state index contributed by atoms with van der Waals surface area (Å²) in [6.07, 6.45) is 78.1. The lowest BCUT2D eigenvalue weighted by molar-refractivity contribution is -0.870. The van der Waals surface area contributed by atoms with E-state index in [0.717, 1.165) is 128 Å². The quantitative estimate of drug-likeness (QED) is 0.0211. The predicted molar refractivity (Wildman–Crippen MR) is 316 cm³/mol. The van der Waals surface area contributed by atoms with E-state index >= 15 is 0 Å². The first-order valence-electron chi connectivity index (χ1n) is 28.9. The summed E-state index contributed by atoms with van der Waals surface area (Å²) in [7, 11) is 1.44. The van der Waals surface area contributed by atoms with Crippen LogP contribution in [-0.4, -0.2) is 74.9 Å². The molecule has 0 rings (SSSR count). The first-order valence-corrected chi connectivity index (χ1v) is 30.4. The van der Waals surface area contributed by atoms with E-state index in [1.807, 2.05) is 21.1 Å². The lowest BCUT2D eigenvalue weighted by Gasteiger charge is -2.24. The summed E-state index contributed by atoms with van der Waals surface area (Å²) in [5.74, 6) is -0.832. The van der Waals surface area contributed by atoms with Gasteiger partial charge in [0.15, 0.2) is 6.10 Å². The Morgan fingerprint density at radius 1 is 0.419 bits per heavy atom. The lowest BCUT2D eigenvalue weighted by atomic mass is 10.0. The summed E-state index contributed by atoms with van der Waals surface area (Å²) in [6.45, 7) is 4.16. The minimum Gasteiger partial charge on any atom is -0.462 e. The molecule has 420 valence electrons. The Balaban J connectivity index is 4.16. The van der Waals surface area contributed by atoms with E-state index in [-0.39, 0.29) is 32.0 Å². The van der Waals surface area contributed by atoms with Gasteiger partial charge in [-0.25, -0.2) is 4.57 Å². The van der Waals surface area contributed by atoms with Crippen molar-refractivity contribution in [3.63, 3.8) is 0 Å². The number of allylic oxidation sites excluding steroid dienone is 22. The molecule has 0 aliphatic heterocycles. The molecule has 0 saturated carbocycles. The van der Waals surface area contributed by atoms with Crippen LogP contribution in [0.4, 0.5) is 0 Å². The van der Waals surface area contributed by atoms with Gasteiger partial charge >= 0.3 is 19.8 Å². The van der Waals surface area contributed by atoms with Crippen LogP contribution in [0.25, 0.3) is 0 Å². The van der Waals surface area contributed by atoms with Gasteiger partial charge in [0, 0.05) is 12.8 Å². The van der Waals surface area contributed by atoms with Gasteiger partial charge in [0.1, 0.15) is 19.8 Å². The van der Waals surface area contributed by atoms with E-state index in [1.165, 1.54) is 38.5 Å². The molecular formula is C64H107NO8P+. The molecule has 2 unspecified atom stereocenters. The smallest absolute Gasteiger partial charge is 0.462 e. The maximum atomic E-state index is 12.8. The molecule has 0 bridgehead atoms. The Morgan fingerprint density at radius 3 is 1.08 bits per heavy atom. The highest BCUT2D eigenvalue weighted by atomic mass is 31.2. The third-order valence-corrected chi connectivity index (χ3v) is 12.7. The number of phosphoric ester groups is 1. The van der Waals surface area contributed by atoms with Crippen molar-refractivity contribution >= 4 is 19.8 Å². The van der Waals surface area contributed by atoms with E-state index in [0.29, 0.717) is 23.9 Å². The number of nitrogens with zero attached hydrogens (tertiary/aromatic N) is 1. The molecule has 1 N–H and O–H groups in total. The molecule has 9 nitrogen and oxygen atoms in total. The van der Waals surface area contributed by atoms with Crippen molar-refractivity contribution in [2.75, 3.05) is 47.5 Å². The fraction of sp³-hybridized carbons (Fsp3) is 0.625. The lowest BCUT2D eigenvalue weighted by Crippen LogP contribution is -2.37. The van der Waals surface area contributed by atoms with E-state index in [1.54, 1.807) is 0 Å². The van der Waals surface area contributed by atoms with Gasteiger partial charge in [-0.3, -0.25) is 18.6 Å². The summed E-state index contributed by atoms with van der Waals surface area (Å²) in [4.78, 5) is 35.6. The van der Waals surface area contributed by atoms with Crippen LogP contribution in [0.15, 0.2) is 134 Å². The molecule has 0 spiro atoms. The molecule has 0 amide bonds. The fourth-order valence-electron chi connectivity index (χ4n) is 7.28. The first kappa shape index (κ1) is 70.1. The van der Waals surface area contributed by atoms with Crippen molar-refractivity contribution in [1.29, 1.82) is 0 Å². The zero-order chi connectivity index (χ0) is 54.2. The van der Waals surface area contributed by atoms with Crippen LogP contribution in [0, 0.1) is 0 Å². The highest BCUT2D eigenvalue weighted by molar-refractivity contribution is 7.47. The van der Waals surface area contributed by atoms with E-state index in [9.17, 15) is 19.0 Å². The van der Waals surface area contributed by atoms with Crippen LogP contribution in [0.2, 0.25) is 0 Å². The van der Waals surface area contributed by atoms with Gasteiger partial charge in [-0.05, 0) is 109 Å². The molecule has 2 atom stereocenters. The average Bonchev–Trinajstić information content (AvgIpc) is 3.36. The maximum absolute atomic E-state index is 12.8. The summed E-state index contributed by atoms with van der Waals surface area (Å²) < 4.78 is 34.5. The third kappa shape index (κ3) is 57.4. The van der Waals surface area contributed by atoms with Crippen molar-refractivity contribution in [2.24, 2.45) is 0 Å². The van der Waals surface area contributed by atoms with Gasteiger partial charge in [0.05, 0.1) is 27.7 Å². The second-order valence-corrected chi connectivity index (χ2v) is 21.4. The number of unbranched alkanes of at least 4 members (excludes halogenated alkanes) is 15. The predicted octanol–water partition coefficient (Wildman–Crippen LogP) is 18.1. The molecule has 0 aliphatic carbocycles. The third-order valence-electron chi connectivity index (χ3n) is 11.7. The van der Waals surface area contributed by atoms with Gasteiger partial charge in [0.2, 0.25) is 0 Å². The van der Waals surface area contributed by atoms with Crippen LogP contribution < -0.4 is 0 Å². The monoisotopic (exact) mass is 1050 g/mol. The summed E-state index contributed by atoms with van der Waals surface area (Å²) in [5, 5.41) is 0. The molecule has 0 heterocycles. The van der Waals surface area contributed by atoms with Crippen molar-refractivity contribution < 1.29 is 42.1 Å². The van der Waals surface area contributed by atoms with Crippen molar-refractivity contribution in [3.05, 3.63) is 134 Å². The van der Waals surface area contributed by atoms with Crippen molar-refractivity contribution in [3.8, 4) is 0 Å². The second-order valence-electron chi connectivity index (χ2n) is 19.9. The average molecular weight is 1050 g/mol. The standard InChI is InChI=1S/C64H106NO8P/c1-6-8-10-12-14-16-18-20-22-23-24-25-26-27-28-29-30-31-32-33-34-35-36-37-38-39-40-41-43-45-47-49-51-53-55-57-64(67)73-62(61-72-74(68,69)71-59-58-65(3,4)5)60-70-63(66)56-54-52-50-48-46-44-42-21-19-17-15-13-11-9-7-2/h8-11,14-17,20-22,24-25,27-28,30-31,33-34,36-37,42,62H,6-7,12-13,18-19,23,26,29,32,35,38-41,43-61H2,1-5H3/p+1/b10-8-,11-9-,16-14-,17-15-,22-20-,25-24-,28-27-,31-30-,34-33-,37-36-,42-21-. The minimum atomic E-state index is -4.40. The molecule has 0 aromatic carbocycles. The number of rotatable bonds is 51. The SMILES string of the molecule is CC/C=C\C/C=C\C/C=C\C/C=C\C/C=C\C/C=C\C/C=C\C/C=C\CCCCCCCCCCCCC(=O)OC(COC(=O)CCCCCCC/C=C\C/C=C\C/C=C\CC)COP(=O)(O)OCC[N+](C)(C)C. The fourth-order valence-corrected chi connectivity index (χ4v) is 8.02. The van der Waals surface area contributed by atoms with Gasteiger partial charge < -0.3 is 18.9 Å². The van der Waals surface area contributed by atoms with E-state index < -0.39 is 26.5 Å². The number of quaternary nitrogens is 1. The molecule has 0 radical (unpaired) electrons. The number of likely N-dealkylation sites (N-methyl/N-ethyl adjacent to an activating group) is 1. The summed E-state index contributed by atoms with van der Waals surface area (Å²) in [6, 6.07) is 0. The topological polar surface area (TPSA) is 108 Å². The van der Waals surface area contributed by atoms with Crippen LogP contribution in [-0.2, 0) is 32.7 Å². The van der Waals surface area contributed by atoms with Crippen LogP contribution in [0.1, 0.15) is 206 Å². The van der Waals surface area contributed by atoms with Crippen LogP contribution >= 0.6 is 7.82 Å². The van der Waals surface area contributed by atoms with E-state index in [4.69, 9.17) is 18.5 Å². The largest absolute Gasteiger partial charge is 0.472 e.